The van der Waals surface area contributed by atoms with Gasteiger partial charge in [0.2, 0.25) is 10.0 Å². The second-order valence-corrected chi connectivity index (χ2v) is 10.1. The number of guanidine groups is 1. The summed E-state index contributed by atoms with van der Waals surface area (Å²) >= 11 is 6.84. The number of hydrogen-bond donors (Lipinski definition) is 2. The molecule has 2 saturated heterocycles. The van der Waals surface area contributed by atoms with Crippen LogP contribution >= 0.6 is 46.9 Å². The van der Waals surface area contributed by atoms with Gasteiger partial charge in [-0.25, -0.2) is 13.1 Å². The van der Waals surface area contributed by atoms with Gasteiger partial charge in [-0.1, -0.05) is 11.6 Å². The minimum atomic E-state index is -3.51. The number of sulfonamides is 1. The van der Waals surface area contributed by atoms with Crippen LogP contribution in [-0.4, -0.2) is 65.7 Å². The van der Waals surface area contributed by atoms with Crippen LogP contribution in [-0.2, 0) is 14.8 Å². The fourth-order valence-corrected chi connectivity index (χ4v) is 5.85. The van der Waals surface area contributed by atoms with Crippen LogP contribution < -0.4 is 10.0 Å². The Morgan fingerprint density at radius 2 is 2.23 bits per heavy atom. The van der Waals surface area contributed by atoms with E-state index in [0.29, 0.717) is 10.9 Å². The fourth-order valence-electron chi connectivity index (χ4n) is 3.29. The lowest BCUT2D eigenvalue weighted by atomic mass is 9.87. The smallest absolute Gasteiger partial charge is 0.250 e. The van der Waals surface area contributed by atoms with Gasteiger partial charge in [0.1, 0.15) is 4.21 Å². The number of rotatable bonds is 5. The SMILES string of the molecule is CN=C(NCCNS(=O)(=O)c1ccc(Cl)s1)N1CCC2(CCOC2)C1.I. The maximum Gasteiger partial charge on any atom is 0.250 e. The van der Waals surface area contributed by atoms with Crippen molar-refractivity contribution in [1.82, 2.24) is 14.9 Å². The molecule has 7 nitrogen and oxygen atoms in total. The molecule has 2 N–H and O–H groups in total. The van der Waals surface area contributed by atoms with E-state index < -0.39 is 10.0 Å². The third-order valence-electron chi connectivity index (χ3n) is 4.65. The standard InChI is InChI=1S/C15H23ClN4O3S2.HI/c1-17-14(20-8-4-15(10-20)5-9-23-11-15)18-6-7-19-25(21,22)13-3-2-12(16)24-13;/h2-3,19H,4-11H2,1H3,(H,17,18);1H. The van der Waals surface area contributed by atoms with E-state index in [1.807, 2.05) is 0 Å². The molecule has 0 radical (unpaired) electrons. The largest absolute Gasteiger partial charge is 0.381 e. The van der Waals surface area contributed by atoms with Crippen molar-refractivity contribution in [1.29, 1.82) is 0 Å². The van der Waals surface area contributed by atoms with Crippen LogP contribution in [0.4, 0.5) is 0 Å². The molecule has 148 valence electrons. The zero-order chi connectivity index (χ0) is 17.9. The van der Waals surface area contributed by atoms with Crippen molar-refractivity contribution in [2.75, 3.05) is 46.4 Å². The number of ether oxygens (including phenoxy) is 1. The Morgan fingerprint density at radius 3 is 2.85 bits per heavy atom. The Hall–Kier alpha value is -0.140. The zero-order valence-corrected chi connectivity index (χ0v) is 19.3. The second kappa shape index (κ2) is 9.37. The van der Waals surface area contributed by atoms with E-state index in [-0.39, 0.29) is 40.1 Å². The molecule has 0 aromatic carbocycles. The Morgan fingerprint density at radius 1 is 1.42 bits per heavy atom. The third-order valence-corrected chi connectivity index (χ3v) is 7.83. The summed E-state index contributed by atoms with van der Waals surface area (Å²) in [6.07, 6.45) is 2.21. The maximum atomic E-state index is 12.1. The summed E-state index contributed by atoms with van der Waals surface area (Å²) in [4.78, 5) is 6.54. The van der Waals surface area contributed by atoms with Crippen molar-refractivity contribution in [3.05, 3.63) is 16.5 Å². The van der Waals surface area contributed by atoms with Crippen LogP contribution in [0.2, 0.25) is 4.34 Å². The third kappa shape index (κ3) is 5.22. The first kappa shape index (κ1) is 22.2. The molecule has 3 rings (SSSR count). The minimum Gasteiger partial charge on any atom is -0.381 e. The van der Waals surface area contributed by atoms with E-state index in [1.54, 1.807) is 13.1 Å². The molecule has 0 bridgehead atoms. The van der Waals surface area contributed by atoms with Crippen molar-refractivity contribution in [3.63, 3.8) is 0 Å². The highest BCUT2D eigenvalue weighted by molar-refractivity contribution is 14.0. The summed E-state index contributed by atoms with van der Waals surface area (Å²) in [6, 6.07) is 3.09. The predicted octanol–water partition coefficient (Wildman–Crippen LogP) is 1.99. The van der Waals surface area contributed by atoms with Gasteiger partial charge in [0.05, 0.1) is 10.9 Å². The van der Waals surface area contributed by atoms with Gasteiger partial charge in [-0.15, -0.1) is 35.3 Å². The zero-order valence-electron chi connectivity index (χ0n) is 14.5. The van der Waals surface area contributed by atoms with E-state index in [2.05, 4.69) is 19.9 Å². The average Bonchev–Trinajstić information content (AvgIpc) is 3.31. The van der Waals surface area contributed by atoms with Crippen molar-refractivity contribution in [2.45, 2.75) is 17.1 Å². The molecule has 0 amide bonds. The second-order valence-electron chi connectivity index (χ2n) is 6.40. The van der Waals surface area contributed by atoms with Gasteiger partial charge in [-0.3, -0.25) is 4.99 Å². The summed E-state index contributed by atoms with van der Waals surface area (Å²) in [5, 5.41) is 3.23. The van der Waals surface area contributed by atoms with Crippen LogP contribution in [0, 0.1) is 5.41 Å². The van der Waals surface area contributed by atoms with E-state index in [0.717, 1.165) is 56.4 Å². The highest BCUT2D eigenvalue weighted by atomic mass is 127. The van der Waals surface area contributed by atoms with Crippen LogP contribution in [0.25, 0.3) is 0 Å². The lowest BCUT2D eigenvalue weighted by Gasteiger charge is -2.24. The van der Waals surface area contributed by atoms with Crippen molar-refractivity contribution in [3.8, 4) is 0 Å². The van der Waals surface area contributed by atoms with E-state index in [1.165, 1.54) is 6.07 Å². The molecule has 1 aromatic heterocycles. The number of likely N-dealkylation sites (tertiary alicyclic amines) is 1. The van der Waals surface area contributed by atoms with Gasteiger partial charge in [-0.05, 0) is 25.0 Å². The molecule has 1 atom stereocenters. The Labute approximate surface area is 180 Å². The Balaban J connectivity index is 0.00000243. The van der Waals surface area contributed by atoms with Gasteiger partial charge < -0.3 is 15.0 Å². The first-order chi connectivity index (χ1) is 11.9. The van der Waals surface area contributed by atoms with Gasteiger partial charge in [-0.2, -0.15) is 0 Å². The molecule has 3 heterocycles. The van der Waals surface area contributed by atoms with Crippen molar-refractivity contribution < 1.29 is 13.2 Å². The Bertz CT molecular complexity index is 735. The quantitative estimate of drug-likeness (QED) is 0.261. The molecule has 1 aromatic rings. The normalized spacial score (nSPS) is 23.5. The van der Waals surface area contributed by atoms with Crippen LogP contribution in [0.1, 0.15) is 12.8 Å². The van der Waals surface area contributed by atoms with E-state index >= 15 is 0 Å². The van der Waals surface area contributed by atoms with Crippen LogP contribution in [0.5, 0.6) is 0 Å². The summed E-state index contributed by atoms with van der Waals surface area (Å²) < 4.78 is 33.1. The topological polar surface area (TPSA) is 83.0 Å². The van der Waals surface area contributed by atoms with Crippen molar-refractivity contribution >= 4 is 62.9 Å². The molecule has 2 aliphatic rings. The summed E-state index contributed by atoms with van der Waals surface area (Å²) in [6.45, 7) is 4.29. The highest BCUT2D eigenvalue weighted by Gasteiger charge is 2.42. The highest BCUT2D eigenvalue weighted by Crippen LogP contribution is 2.38. The summed E-state index contributed by atoms with van der Waals surface area (Å²) in [5.74, 6) is 0.808. The van der Waals surface area contributed by atoms with Crippen molar-refractivity contribution in [2.24, 2.45) is 10.4 Å². The monoisotopic (exact) mass is 534 g/mol. The van der Waals surface area contributed by atoms with Gasteiger partial charge >= 0.3 is 0 Å². The van der Waals surface area contributed by atoms with Gasteiger partial charge in [0.15, 0.2) is 5.96 Å². The fraction of sp³-hybridized carbons (Fsp3) is 0.667. The lowest BCUT2D eigenvalue weighted by molar-refractivity contribution is 0.156. The summed E-state index contributed by atoms with van der Waals surface area (Å²) in [7, 11) is -1.76. The molecule has 11 heteroatoms. The first-order valence-corrected chi connectivity index (χ1v) is 10.9. The lowest BCUT2D eigenvalue weighted by Crippen LogP contribution is -2.44. The first-order valence-electron chi connectivity index (χ1n) is 8.23. The molecular formula is C15H24ClIN4O3S2. The molecule has 1 unspecified atom stereocenters. The molecule has 1 spiro atoms. The van der Waals surface area contributed by atoms with Gasteiger partial charge in [0, 0.05) is 45.2 Å². The molecule has 0 saturated carbocycles. The molecule has 26 heavy (non-hydrogen) atoms. The average molecular weight is 535 g/mol. The van der Waals surface area contributed by atoms with Crippen LogP contribution in [0.3, 0.4) is 0 Å². The summed E-state index contributed by atoms with van der Waals surface area (Å²) in [5.41, 5.74) is 0.262. The number of thiophene rings is 1. The van der Waals surface area contributed by atoms with E-state index in [4.69, 9.17) is 16.3 Å². The molecule has 2 aliphatic heterocycles. The number of aliphatic imine (C=N–C) groups is 1. The molecular weight excluding hydrogens is 511 g/mol. The van der Waals surface area contributed by atoms with Gasteiger partial charge in [0.25, 0.3) is 0 Å². The number of halogens is 2. The number of hydrogen-bond acceptors (Lipinski definition) is 5. The molecule has 0 aliphatic carbocycles. The predicted molar refractivity (Wildman–Crippen MR) is 115 cm³/mol. The number of nitrogens with one attached hydrogen (secondary N) is 2. The molecule has 2 fully saturated rings. The maximum absolute atomic E-state index is 12.1. The van der Waals surface area contributed by atoms with Crippen LogP contribution in [0.15, 0.2) is 21.3 Å². The van der Waals surface area contributed by atoms with E-state index in [9.17, 15) is 8.42 Å². The Kier molecular flexibility index (Phi) is 7.99. The number of nitrogens with zero attached hydrogens (tertiary/aromatic N) is 2. The minimum absolute atomic E-state index is 0.